The molecule has 2 aromatic carbocycles. The number of para-hydroxylation sites is 1. The number of nitrogens with one attached hydrogen (secondary N) is 2. The van der Waals surface area contributed by atoms with Gasteiger partial charge >= 0.3 is 5.97 Å². The molecule has 0 aromatic heterocycles. The van der Waals surface area contributed by atoms with Gasteiger partial charge in [0.05, 0.1) is 44.9 Å². The van der Waals surface area contributed by atoms with Crippen molar-refractivity contribution < 1.29 is 28.6 Å². The third kappa shape index (κ3) is 7.33. The van der Waals surface area contributed by atoms with Crippen molar-refractivity contribution in [3.63, 3.8) is 0 Å². The number of amides is 2. The minimum absolute atomic E-state index is 0.0478. The molecular weight excluding hydrogens is 400 g/mol. The van der Waals surface area contributed by atoms with Crippen molar-refractivity contribution in [1.82, 2.24) is 10.6 Å². The van der Waals surface area contributed by atoms with E-state index in [0.29, 0.717) is 29.2 Å². The molecule has 0 radical (unpaired) electrons. The minimum atomic E-state index is -0.630. The van der Waals surface area contributed by atoms with Gasteiger partial charge in [0, 0.05) is 0 Å². The van der Waals surface area contributed by atoms with E-state index in [9.17, 15) is 14.4 Å². The standard InChI is InChI=1S/C23H28N2O6/c1-4-30-20-12-7-6-11-18(20)23(28)24-15-21(26)25-19(14-22(27)31-5-2)16-9-8-10-17(13-16)29-3/h6-13,19H,4-5,14-15H2,1-3H3,(H,24,28)(H,25,26). The second kappa shape index (κ2) is 12.2. The Hall–Kier alpha value is -3.55. The predicted molar refractivity (Wildman–Crippen MR) is 115 cm³/mol. The lowest BCUT2D eigenvalue weighted by Gasteiger charge is -2.19. The number of rotatable bonds is 11. The first kappa shape index (κ1) is 23.7. The topological polar surface area (TPSA) is 103 Å². The first-order chi connectivity index (χ1) is 15.0. The molecular formula is C23H28N2O6. The van der Waals surface area contributed by atoms with Crippen molar-refractivity contribution in [2.75, 3.05) is 26.9 Å². The summed E-state index contributed by atoms with van der Waals surface area (Å²) < 4.78 is 15.7. The van der Waals surface area contributed by atoms with Gasteiger partial charge in [0.1, 0.15) is 11.5 Å². The first-order valence-corrected chi connectivity index (χ1v) is 10.1. The van der Waals surface area contributed by atoms with Crippen LogP contribution in [0, 0.1) is 0 Å². The zero-order valence-electron chi connectivity index (χ0n) is 18.0. The van der Waals surface area contributed by atoms with Crippen LogP contribution in [0.2, 0.25) is 0 Å². The fourth-order valence-corrected chi connectivity index (χ4v) is 2.93. The van der Waals surface area contributed by atoms with Crippen LogP contribution in [0.3, 0.4) is 0 Å². The van der Waals surface area contributed by atoms with E-state index < -0.39 is 23.8 Å². The molecule has 0 saturated carbocycles. The predicted octanol–water partition coefficient (Wildman–Crippen LogP) is 2.63. The van der Waals surface area contributed by atoms with Crippen molar-refractivity contribution in [3.8, 4) is 11.5 Å². The van der Waals surface area contributed by atoms with Crippen LogP contribution < -0.4 is 20.1 Å². The van der Waals surface area contributed by atoms with Crippen molar-refractivity contribution in [2.24, 2.45) is 0 Å². The number of hydrogen-bond acceptors (Lipinski definition) is 6. The molecule has 0 bridgehead atoms. The summed E-state index contributed by atoms with van der Waals surface area (Å²) in [7, 11) is 1.54. The summed E-state index contributed by atoms with van der Waals surface area (Å²) >= 11 is 0. The van der Waals surface area contributed by atoms with Crippen molar-refractivity contribution in [1.29, 1.82) is 0 Å². The zero-order chi connectivity index (χ0) is 22.6. The summed E-state index contributed by atoms with van der Waals surface area (Å²) in [5.41, 5.74) is 1.03. The molecule has 0 spiro atoms. The highest BCUT2D eigenvalue weighted by Gasteiger charge is 2.21. The van der Waals surface area contributed by atoms with Crippen molar-refractivity contribution in [2.45, 2.75) is 26.3 Å². The lowest BCUT2D eigenvalue weighted by atomic mass is 10.0. The van der Waals surface area contributed by atoms with Gasteiger partial charge in [0.25, 0.3) is 5.91 Å². The van der Waals surface area contributed by atoms with E-state index in [4.69, 9.17) is 14.2 Å². The SMILES string of the molecule is CCOC(=O)CC(NC(=O)CNC(=O)c1ccccc1OCC)c1cccc(OC)c1. The third-order valence-electron chi connectivity index (χ3n) is 4.35. The zero-order valence-corrected chi connectivity index (χ0v) is 18.0. The Labute approximate surface area is 181 Å². The first-order valence-electron chi connectivity index (χ1n) is 10.1. The van der Waals surface area contributed by atoms with Gasteiger partial charge in [0.2, 0.25) is 5.91 Å². The van der Waals surface area contributed by atoms with Gasteiger partial charge in [0.15, 0.2) is 0 Å². The Balaban J connectivity index is 2.05. The summed E-state index contributed by atoms with van der Waals surface area (Å²) in [5.74, 6) is -0.270. The number of carbonyl (C=O) groups is 3. The molecule has 0 heterocycles. The smallest absolute Gasteiger partial charge is 0.308 e. The van der Waals surface area contributed by atoms with Gasteiger partial charge < -0.3 is 24.8 Å². The van der Waals surface area contributed by atoms with Gasteiger partial charge in [-0.05, 0) is 43.7 Å². The van der Waals surface area contributed by atoms with Crippen LogP contribution in [0.1, 0.15) is 42.2 Å². The van der Waals surface area contributed by atoms with Crippen molar-refractivity contribution in [3.05, 3.63) is 59.7 Å². The molecule has 8 nitrogen and oxygen atoms in total. The summed E-state index contributed by atoms with van der Waals surface area (Å²) in [4.78, 5) is 37.0. The molecule has 8 heteroatoms. The number of ether oxygens (including phenoxy) is 3. The van der Waals surface area contributed by atoms with Gasteiger partial charge in [-0.3, -0.25) is 14.4 Å². The Morgan fingerprint density at radius 1 is 1.00 bits per heavy atom. The van der Waals surface area contributed by atoms with E-state index in [0.717, 1.165) is 0 Å². The maximum absolute atomic E-state index is 12.5. The molecule has 0 aliphatic rings. The molecule has 166 valence electrons. The van der Waals surface area contributed by atoms with Gasteiger partial charge in [-0.15, -0.1) is 0 Å². The van der Waals surface area contributed by atoms with Crippen LogP contribution in [-0.2, 0) is 14.3 Å². The van der Waals surface area contributed by atoms with Gasteiger partial charge in [-0.1, -0.05) is 24.3 Å². The van der Waals surface area contributed by atoms with Gasteiger partial charge in [-0.25, -0.2) is 0 Å². The lowest BCUT2D eigenvalue weighted by Crippen LogP contribution is -2.39. The molecule has 1 unspecified atom stereocenters. The maximum atomic E-state index is 12.5. The molecule has 0 saturated heterocycles. The average molecular weight is 428 g/mol. The number of methoxy groups -OCH3 is 1. The largest absolute Gasteiger partial charge is 0.497 e. The Bertz CT molecular complexity index is 899. The Kier molecular flexibility index (Phi) is 9.35. The van der Waals surface area contributed by atoms with E-state index in [2.05, 4.69) is 10.6 Å². The van der Waals surface area contributed by atoms with Crippen LogP contribution >= 0.6 is 0 Å². The van der Waals surface area contributed by atoms with Crippen LogP contribution in [-0.4, -0.2) is 44.7 Å². The quantitative estimate of drug-likeness (QED) is 0.534. The molecule has 2 amide bonds. The Morgan fingerprint density at radius 3 is 2.48 bits per heavy atom. The highest BCUT2D eigenvalue weighted by atomic mass is 16.5. The van der Waals surface area contributed by atoms with E-state index in [1.54, 1.807) is 55.5 Å². The molecule has 1 atom stereocenters. The molecule has 2 N–H and O–H groups in total. The highest BCUT2D eigenvalue weighted by Crippen LogP contribution is 2.22. The normalized spacial score (nSPS) is 11.2. The molecule has 0 aliphatic carbocycles. The second-order valence-electron chi connectivity index (χ2n) is 6.52. The molecule has 0 fully saturated rings. The van der Waals surface area contributed by atoms with Crippen LogP contribution in [0.25, 0.3) is 0 Å². The number of carbonyl (C=O) groups excluding carboxylic acids is 3. The van der Waals surface area contributed by atoms with E-state index in [1.165, 1.54) is 7.11 Å². The van der Waals surface area contributed by atoms with Crippen LogP contribution in [0.15, 0.2) is 48.5 Å². The third-order valence-corrected chi connectivity index (χ3v) is 4.35. The lowest BCUT2D eigenvalue weighted by molar-refractivity contribution is -0.143. The van der Waals surface area contributed by atoms with E-state index in [-0.39, 0.29) is 19.6 Å². The van der Waals surface area contributed by atoms with Crippen LogP contribution in [0.5, 0.6) is 11.5 Å². The molecule has 2 rings (SSSR count). The summed E-state index contributed by atoms with van der Waals surface area (Å²) in [6.45, 7) is 3.94. The van der Waals surface area contributed by atoms with Gasteiger partial charge in [-0.2, -0.15) is 0 Å². The molecule has 31 heavy (non-hydrogen) atoms. The molecule has 0 aliphatic heterocycles. The summed E-state index contributed by atoms with van der Waals surface area (Å²) in [6, 6.07) is 13.2. The fourth-order valence-electron chi connectivity index (χ4n) is 2.93. The van der Waals surface area contributed by atoms with Crippen molar-refractivity contribution >= 4 is 17.8 Å². The van der Waals surface area contributed by atoms with E-state index in [1.807, 2.05) is 6.92 Å². The number of esters is 1. The van der Waals surface area contributed by atoms with Crippen LogP contribution in [0.4, 0.5) is 0 Å². The monoisotopic (exact) mass is 428 g/mol. The van der Waals surface area contributed by atoms with E-state index >= 15 is 0 Å². The number of hydrogen-bond donors (Lipinski definition) is 2. The summed E-state index contributed by atoms with van der Waals surface area (Å²) in [5, 5.41) is 5.36. The fraction of sp³-hybridized carbons (Fsp3) is 0.348. The summed E-state index contributed by atoms with van der Waals surface area (Å²) in [6.07, 6.45) is -0.0478. The highest BCUT2D eigenvalue weighted by molar-refractivity contribution is 5.98. The minimum Gasteiger partial charge on any atom is -0.497 e. The maximum Gasteiger partial charge on any atom is 0.308 e. The molecule has 2 aromatic rings. The second-order valence-corrected chi connectivity index (χ2v) is 6.52. The Morgan fingerprint density at radius 2 is 1.77 bits per heavy atom. The average Bonchev–Trinajstić information content (AvgIpc) is 2.78. The number of benzene rings is 2.